The molecule has 1 aliphatic heterocycles. The number of hydrogen-bond donors (Lipinski definition) is 0. The van der Waals surface area contributed by atoms with Crippen molar-refractivity contribution in [3.63, 3.8) is 0 Å². The molecule has 0 unspecified atom stereocenters. The average Bonchev–Trinajstić information content (AvgIpc) is 2.19. The van der Waals surface area contributed by atoms with Gasteiger partial charge in [0.2, 0.25) is 0 Å². The van der Waals surface area contributed by atoms with Gasteiger partial charge in [-0.15, -0.1) is 0 Å². The van der Waals surface area contributed by atoms with E-state index in [4.69, 9.17) is 0 Å². The summed E-state index contributed by atoms with van der Waals surface area (Å²) in [5.41, 5.74) is -0.150. The Hall–Kier alpha value is -0.690. The molecule has 0 atom stereocenters. The Morgan fingerprint density at radius 2 is 1.59 bits per heavy atom. The molecular weight excluding hydrogens is 316 g/mol. The van der Waals surface area contributed by atoms with Crippen molar-refractivity contribution in [1.29, 1.82) is 0 Å². The van der Waals surface area contributed by atoms with E-state index < -0.39 is 21.5 Å². The average molecular weight is 326 g/mol. The summed E-state index contributed by atoms with van der Waals surface area (Å²) >= 11 is 2.99. The Morgan fingerprint density at radius 1 is 1.12 bits per heavy atom. The minimum absolute atomic E-state index is 0.0675. The van der Waals surface area contributed by atoms with Crippen molar-refractivity contribution in [2.45, 2.75) is 0 Å². The largest absolute Gasteiger partial charge is 0.365 e. The minimum atomic E-state index is -3.05. The summed E-state index contributed by atoms with van der Waals surface area (Å²) < 4.78 is 50.0. The highest BCUT2D eigenvalue weighted by atomic mass is 79.9. The van der Waals surface area contributed by atoms with Crippen LogP contribution in [0.4, 0.5) is 14.5 Å². The zero-order chi connectivity index (χ0) is 12.6. The van der Waals surface area contributed by atoms with Gasteiger partial charge in [0.15, 0.2) is 21.5 Å². The number of rotatable bonds is 1. The summed E-state index contributed by atoms with van der Waals surface area (Å²) in [7, 11) is -3.05. The van der Waals surface area contributed by atoms with Crippen molar-refractivity contribution in [1.82, 2.24) is 0 Å². The van der Waals surface area contributed by atoms with Crippen LogP contribution in [-0.4, -0.2) is 33.0 Å². The Bertz CT molecular complexity index is 510. The molecule has 1 saturated heterocycles. The van der Waals surface area contributed by atoms with E-state index in [1.54, 1.807) is 0 Å². The predicted octanol–water partition coefficient (Wildman–Crippen LogP) is 1.96. The fraction of sp³-hybridized carbons (Fsp3) is 0.400. The van der Waals surface area contributed by atoms with Gasteiger partial charge >= 0.3 is 0 Å². The molecule has 17 heavy (non-hydrogen) atoms. The Morgan fingerprint density at radius 3 is 2.06 bits per heavy atom. The maximum atomic E-state index is 13.6. The molecule has 0 bridgehead atoms. The zero-order valence-electron chi connectivity index (χ0n) is 8.79. The van der Waals surface area contributed by atoms with Crippen molar-refractivity contribution >= 4 is 31.5 Å². The molecule has 1 fully saturated rings. The third-order valence-electron chi connectivity index (χ3n) is 2.64. The SMILES string of the molecule is O=S1(=O)CCN(c2c(F)cc(Br)cc2F)CC1. The minimum Gasteiger partial charge on any atom is -0.365 e. The maximum absolute atomic E-state index is 13.6. The highest BCUT2D eigenvalue weighted by molar-refractivity contribution is 9.10. The summed E-state index contributed by atoms with van der Waals surface area (Å²) in [6.45, 7) is 0.246. The molecule has 0 saturated carbocycles. The predicted molar refractivity (Wildman–Crippen MR) is 64.9 cm³/mol. The van der Waals surface area contributed by atoms with Gasteiger partial charge in [-0.3, -0.25) is 0 Å². The second kappa shape index (κ2) is 4.53. The summed E-state index contributed by atoms with van der Waals surface area (Å²) in [6.07, 6.45) is 0. The fourth-order valence-corrected chi connectivity index (χ4v) is 3.38. The van der Waals surface area contributed by atoms with Crippen LogP contribution in [0.15, 0.2) is 16.6 Å². The molecule has 0 N–H and O–H groups in total. The smallest absolute Gasteiger partial charge is 0.153 e. The van der Waals surface area contributed by atoms with Crippen LogP contribution in [0.25, 0.3) is 0 Å². The third-order valence-corrected chi connectivity index (χ3v) is 4.71. The van der Waals surface area contributed by atoms with Crippen LogP contribution < -0.4 is 4.90 Å². The van der Waals surface area contributed by atoms with Gasteiger partial charge in [-0.05, 0) is 12.1 Å². The van der Waals surface area contributed by atoms with Crippen LogP contribution in [0.3, 0.4) is 0 Å². The van der Waals surface area contributed by atoms with E-state index in [-0.39, 0.29) is 30.3 Å². The van der Waals surface area contributed by atoms with E-state index in [0.717, 1.165) is 0 Å². The molecule has 2 rings (SSSR count). The summed E-state index contributed by atoms with van der Waals surface area (Å²) in [5.74, 6) is -1.50. The standard InChI is InChI=1S/C10H10BrF2NO2S/c11-7-5-8(12)10(9(13)6-7)14-1-3-17(15,16)4-2-14/h5-6H,1-4H2. The third kappa shape index (κ3) is 2.77. The first-order valence-corrected chi connectivity index (χ1v) is 7.60. The van der Waals surface area contributed by atoms with Crippen molar-refractivity contribution in [2.24, 2.45) is 0 Å². The first-order chi connectivity index (χ1) is 7.89. The monoisotopic (exact) mass is 325 g/mol. The topological polar surface area (TPSA) is 37.4 Å². The summed E-state index contributed by atoms with van der Waals surface area (Å²) in [4.78, 5) is 1.43. The highest BCUT2D eigenvalue weighted by Crippen LogP contribution is 2.28. The van der Waals surface area contributed by atoms with Gasteiger partial charge in [0, 0.05) is 17.6 Å². The lowest BCUT2D eigenvalue weighted by molar-refractivity contribution is 0.561. The van der Waals surface area contributed by atoms with Crippen molar-refractivity contribution < 1.29 is 17.2 Å². The fourth-order valence-electron chi connectivity index (χ4n) is 1.77. The molecule has 0 spiro atoms. The number of halogens is 3. The van der Waals surface area contributed by atoms with E-state index in [1.807, 2.05) is 0 Å². The number of hydrogen-bond acceptors (Lipinski definition) is 3. The van der Waals surface area contributed by atoms with Crippen LogP contribution in [-0.2, 0) is 9.84 Å². The van der Waals surface area contributed by atoms with Gasteiger partial charge < -0.3 is 4.90 Å². The molecule has 1 aliphatic rings. The van der Waals surface area contributed by atoms with E-state index in [1.165, 1.54) is 17.0 Å². The van der Waals surface area contributed by atoms with E-state index in [9.17, 15) is 17.2 Å². The normalized spacial score (nSPS) is 19.4. The number of sulfone groups is 1. The van der Waals surface area contributed by atoms with E-state index in [0.29, 0.717) is 4.47 Å². The zero-order valence-corrected chi connectivity index (χ0v) is 11.2. The molecule has 3 nitrogen and oxygen atoms in total. The van der Waals surface area contributed by atoms with Gasteiger partial charge in [0.1, 0.15) is 5.69 Å². The second-order valence-electron chi connectivity index (χ2n) is 3.86. The van der Waals surface area contributed by atoms with Crippen LogP contribution in [0.1, 0.15) is 0 Å². The molecular formula is C10H10BrF2NO2S. The second-order valence-corrected chi connectivity index (χ2v) is 7.08. The molecule has 1 heterocycles. The lowest BCUT2D eigenvalue weighted by Crippen LogP contribution is -2.41. The van der Waals surface area contributed by atoms with E-state index in [2.05, 4.69) is 15.9 Å². The van der Waals surface area contributed by atoms with Crippen LogP contribution in [0, 0.1) is 11.6 Å². The lowest BCUT2D eigenvalue weighted by atomic mass is 10.2. The van der Waals surface area contributed by atoms with Crippen LogP contribution in [0.2, 0.25) is 0 Å². The van der Waals surface area contributed by atoms with Gasteiger partial charge in [0.05, 0.1) is 11.5 Å². The molecule has 0 radical (unpaired) electrons. The van der Waals surface area contributed by atoms with Crippen molar-refractivity contribution in [3.8, 4) is 0 Å². The first kappa shape index (κ1) is 12.8. The number of anilines is 1. The first-order valence-electron chi connectivity index (χ1n) is 4.99. The molecule has 0 aliphatic carbocycles. The summed E-state index contributed by atoms with van der Waals surface area (Å²) in [5, 5.41) is 0. The Labute approximate surface area is 106 Å². The molecule has 0 amide bonds. The molecule has 94 valence electrons. The van der Waals surface area contributed by atoms with Crippen LogP contribution in [0.5, 0.6) is 0 Å². The van der Waals surface area contributed by atoms with Gasteiger partial charge in [-0.2, -0.15) is 0 Å². The molecule has 7 heteroatoms. The molecule has 1 aromatic rings. The molecule has 1 aromatic carbocycles. The summed E-state index contributed by atoms with van der Waals surface area (Å²) in [6, 6.07) is 2.34. The van der Waals surface area contributed by atoms with Gasteiger partial charge in [-0.1, -0.05) is 15.9 Å². The molecule has 0 aromatic heterocycles. The quantitative estimate of drug-likeness (QED) is 0.792. The number of nitrogens with zero attached hydrogens (tertiary/aromatic N) is 1. The lowest BCUT2D eigenvalue weighted by Gasteiger charge is -2.29. The van der Waals surface area contributed by atoms with E-state index >= 15 is 0 Å². The van der Waals surface area contributed by atoms with Crippen molar-refractivity contribution in [3.05, 3.63) is 28.2 Å². The number of benzene rings is 1. The Balaban J connectivity index is 2.30. The Kier molecular flexibility index (Phi) is 3.40. The highest BCUT2D eigenvalue weighted by Gasteiger charge is 2.25. The van der Waals surface area contributed by atoms with Gasteiger partial charge in [-0.25, -0.2) is 17.2 Å². The maximum Gasteiger partial charge on any atom is 0.153 e. The van der Waals surface area contributed by atoms with Crippen LogP contribution >= 0.6 is 15.9 Å². The van der Waals surface area contributed by atoms with Gasteiger partial charge in [0.25, 0.3) is 0 Å². The van der Waals surface area contributed by atoms with Crippen molar-refractivity contribution in [2.75, 3.05) is 29.5 Å².